The van der Waals surface area contributed by atoms with E-state index in [9.17, 15) is 9.59 Å². The van der Waals surface area contributed by atoms with Gasteiger partial charge < -0.3 is 4.74 Å². The van der Waals surface area contributed by atoms with Crippen LogP contribution in [-0.4, -0.2) is 41.8 Å². The lowest BCUT2D eigenvalue weighted by Crippen LogP contribution is -2.28. The molecule has 0 spiro atoms. The van der Waals surface area contributed by atoms with E-state index in [1.54, 1.807) is 17.0 Å². The zero-order valence-corrected chi connectivity index (χ0v) is 15.4. The number of aromatic amines is 1. The number of halogens is 1. The number of hydrogen-bond donors (Lipinski definition) is 1. The fraction of sp³-hybridized carbons (Fsp3) is 0.438. The van der Waals surface area contributed by atoms with E-state index in [2.05, 4.69) is 35.9 Å². The quantitative estimate of drug-likeness (QED) is 0.696. The second kappa shape index (κ2) is 7.02. The number of fused-ring (bicyclic) bond motifs is 1. The highest BCUT2D eigenvalue weighted by molar-refractivity contribution is 9.10. The Hall–Kier alpha value is -2.49. The maximum atomic E-state index is 12.3. The zero-order chi connectivity index (χ0) is 18.1. The van der Waals surface area contributed by atoms with E-state index in [1.807, 2.05) is 0 Å². The fourth-order valence-electron chi connectivity index (χ4n) is 3.41. The second-order valence-corrected chi connectivity index (χ2v) is 7.20. The van der Waals surface area contributed by atoms with Gasteiger partial charge in [-0.3, -0.25) is 9.55 Å². The molecular weight excluding hydrogens is 404 g/mol. The molecular formula is C16H17BrN6O3. The number of ether oxygens (including phenoxy) is 1. The van der Waals surface area contributed by atoms with Crippen LogP contribution < -0.4 is 5.69 Å². The number of nitrogens with one attached hydrogen (secondary N) is 1. The number of imidazole rings is 2. The smallest absolute Gasteiger partial charge is 0.419 e. The molecule has 0 unspecified atom stereocenters. The number of rotatable bonds is 3. The van der Waals surface area contributed by atoms with Crippen molar-refractivity contribution in [1.82, 2.24) is 29.1 Å². The Balaban J connectivity index is 1.40. The van der Waals surface area contributed by atoms with Gasteiger partial charge in [-0.25, -0.2) is 29.1 Å². The molecule has 0 amide bonds. The van der Waals surface area contributed by atoms with Crippen LogP contribution in [0, 0.1) is 5.92 Å². The van der Waals surface area contributed by atoms with E-state index in [-0.39, 0.29) is 17.6 Å². The molecule has 1 aliphatic rings. The number of carbonyl (C=O) groups excluding carboxylic acids is 1. The van der Waals surface area contributed by atoms with Crippen molar-refractivity contribution < 1.29 is 9.53 Å². The normalized spacial score (nSPS) is 20.3. The third kappa shape index (κ3) is 3.28. The molecule has 0 radical (unpaired) electrons. The monoisotopic (exact) mass is 420 g/mol. The molecule has 136 valence electrons. The number of H-pyrrole nitrogens is 1. The van der Waals surface area contributed by atoms with Crippen molar-refractivity contribution in [3.05, 3.63) is 40.0 Å². The van der Waals surface area contributed by atoms with Gasteiger partial charge in [0.1, 0.15) is 10.9 Å². The molecule has 3 heterocycles. The molecule has 1 saturated carbocycles. The van der Waals surface area contributed by atoms with Crippen LogP contribution in [0.15, 0.2) is 34.3 Å². The molecule has 1 N–H and O–H groups in total. The molecule has 0 aromatic carbocycles. The molecule has 0 aliphatic heterocycles. The predicted molar refractivity (Wildman–Crippen MR) is 95.8 cm³/mol. The van der Waals surface area contributed by atoms with Crippen molar-refractivity contribution in [2.45, 2.75) is 31.7 Å². The van der Waals surface area contributed by atoms with Crippen LogP contribution in [0.3, 0.4) is 0 Å². The standard InChI is InChI=1S/C16H17BrN6O3/c17-12-7-19-13-14(20-12)23(15(24)21-13)11-3-1-10(2-4-11)8-26-16(25)22-6-5-18-9-22/h5-7,9-11H,1-4,8H2,(H,19,21,24)/t10-,11-. The number of carbonyl (C=O) groups is 1. The van der Waals surface area contributed by atoms with Gasteiger partial charge in [-0.1, -0.05) is 0 Å². The van der Waals surface area contributed by atoms with Crippen LogP contribution in [0.4, 0.5) is 4.79 Å². The highest BCUT2D eigenvalue weighted by atomic mass is 79.9. The molecule has 0 saturated heterocycles. The predicted octanol–water partition coefficient (Wildman–Crippen LogP) is 2.49. The van der Waals surface area contributed by atoms with Crippen molar-refractivity contribution in [2.75, 3.05) is 6.61 Å². The van der Waals surface area contributed by atoms with Crippen molar-refractivity contribution >= 4 is 33.3 Å². The fourth-order valence-corrected chi connectivity index (χ4v) is 3.68. The summed E-state index contributed by atoms with van der Waals surface area (Å²) in [7, 11) is 0. The van der Waals surface area contributed by atoms with Gasteiger partial charge in [0.15, 0.2) is 11.3 Å². The van der Waals surface area contributed by atoms with E-state index in [4.69, 9.17) is 4.74 Å². The summed E-state index contributed by atoms with van der Waals surface area (Å²) in [5.41, 5.74) is 0.877. The minimum Gasteiger partial charge on any atom is -0.449 e. The lowest BCUT2D eigenvalue weighted by molar-refractivity contribution is 0.111. The summed E-state index contributed by atoms with van der Waals surface area (Å²) < 4.78 is 8.95. The average molecular weight is 421 g/mol. The summed E-state index contributed by atoms with van der Waals surface area (Å²) in [6.45, 7) is 0.373. The summed E-state index contributed by atoms with van der Waals surface area (Å²) in [6, 6.07) is 0.0699. The molecule has 1 fully saturated rings. The summed E-state index contributed by atoms with van der Waals surface area (Å²) in [5.74, 6) is 0.289. The Morgan fingerprint density at radius 1 is 1.35 bits per heavy atom. The Morgan fingerprint density at radius 3 is 2.88 bits per heavy atom. The van der Waals surface area contributed by atoms with Crippen molar-refractivity contribution in [3.63, 3.8) is 0 Å². The van der Waals surface area contributed by atoms with Crippen LogP contribution in [0.2, 0.25) is 0 Å². The summed E-state index contributed by atoms with van der Waals surface area (Å²) >= 11 is 3.30. The molecule has 4 rings (SSSR count). The van der Waals surface area contributed by atoms with Gasteiger partial charge in [-0.15, -0.1) is 0 Å². The van der Waals surface area contributed by atoms with E-state index < -0.39 is 6.09 Å². The van der Waals surface area contributed by atoms with E-state index in [0.717, 1.165) is 25.7 Å². The Labute approximate surface area is 156 Å². The average Bonchev–Trinajstić information content (AvgIpc) is 3.27. The zero-order valence-electron chi connectivity index (χ0n) is 13.8. The summed E-state index contributed by atoms with van der Waals surface area (Å²) in [5, 5.41) is 0. The first kappa shape index (κ1) is 17.0. The van der Waals surface area contributed by atoms with Crippen LogP contribution in [0.1, 0.15) is 31.7 Å². The second-order valence-electron chi connectivity index (χ2n) is 6.39. The molecule has 26 heavy (non-hydrogen) atoms. The molecule has 9 nitrogen and oxygen atoms in total. The van der Waals surface area contributed by atoms with Gasteiger partial charge in [0.2, 0.25) is 0 Å². The maximum Gasteiger partial charge on any atom is 0.419 e. The number of aromatic nitrogens is 6. The largest absolute Gasteiger partial charge is 0.449 e. The van der Waals surface area contributed by atoms with E-state index >= 15 is 0 Å². The highest BCUT2D eigenvalue weighted by Gasteiger charge is 2.26. The van der Waals surface area contributed by atoms with Gasteiger partial charge in [0.05, 0.1) is 12.8 Å². The lowest BCUT2D eigenvalue weighted by atomic mass is 9.86. The first-order chi connectivity index (χ1) is 12.6. The number of hydrogen-bond acceptors (Lipinski definition) is 6. The van der Waals surface area contributed by atoms with Gasteiger partial charge in [-0.2, -0.15) is 0 Å². The highest BCUT2D eigenvalue weighted by Crippen LogP contribution is 2.33. The van der Waals surface area contributed by atoms with E-state index in [0.29, 0.717) is 22.5 Å². The molecule has 1 aliphatic carbocycles. The minimum atomic E-state index is -0.419. The van der Waals surface area contributed by atoms with Crippen molar-refractivity contribution in [1.29, 1.82) is 0 Å². The first-order valence-electron chi connectivity index (χ1n) is 8.39. The minimum absolute atomic E-state index is 0.0699. The maximum absolute atomic E-state index is 12.3. The van der Waals surface area contributed by atoms with Crippen LogP contribution in [0.5, 0.6) is 0 Å². The SMILES string of the molecule is O=C(OC[C@H]1CC[C@H](n2c(=O)[nH]c3ncc(Br)nc32)CC1)n1ccnc1. The molecule has 3 aromatic heterocycles. The van der Waals surface area contributed by atoms with Crippen LogP contribution in [0.25, 0.3) is 11.3 Å². The van der Waals surface area contributed by atoms with E-state index in [1.165, 1.54) is 17.1 Å². The topological polar surface area (TPSA) is 108 Å². The summed E-state index contributed by atoms with van der Waals surface area (Å²) in [4.78, 5) is 39.3. The van der Waals surface area contributed by atoms with Crippen LogP contribution >= 0.6 is 15.9 Å². The third-order valence-corrected chi connectivity index (χ3v) is 5.12. The van der Waals surface area contributed by atoms with Crippen molar-refractivity contribution in [2.24, 2.45) is 5.92 Å². The van der Waals surface area contributed by atoms with Gasteiger partial charge in [0.25, 0.3) is 0 Å². The molecule has 10 heteroatoms. The Kier molecular flexibility index (Phi) is 4.58. The molecule has 3 aromatic rings. The lowest BCUT2D eigenvalue weighted by Gasteiger charge is -2.28. The Bertz CT molecular complexity index is 972. The third-order valence-electron chi connectivity index (χ3n) is 4.74. The first-order valence-corrected chi connectivity index (χ1v) is 9.19. The molecule has 0 atom stereocenters. The Morgan fingerprint density at radius 2 is 2.15 bits per heavy atom. The van der Waals surface area contributed by atoms with Gasteiger partial charge >= 0.3 is 11.8 Å². The van der Waals surface area contributed by atoms with Crippen LogP contribution in [-0.2, 0) is 4.74 Å². The van der Waals surface area contributed by atoms with Gasteiger partial charge in [0, 0.05) is 18.4 Å². The number of nitrogens with zero attached hydrogens (tertiary/aromatic N) is 5. The van der Waals surface area contributed by atoms with Crippen molar-refractivity contribution in [3.8, 4) is 0 Å². The molecule has 0 bridgehead atoms. The van der Waals surface area contributed by atoms with Gasteiger partial charge in [-0.05, 0) is 47.5 Å². The summed E-state index contributed by atoms with van der Waals surface area (Å²) in [6.07, 6.45) is 9.07.